The first kappa shape index (κ1) is 15.3. The molecule has 0 bridgehead atoms. The van der Waals surface area contributed by atoms with Crippen molar-refractivity contribution in [1.29, 1.82) is 0 Å². The number of hydrogen-bond donors (Lipinski definition) is 1. The van der Waals surface area contributed by atoms with Crippen LogP contribution in [0.2, 0.25) is 0 Å². The molecule has 3 rings (SSSR count). The third kappa shape index (κ3) is 2.95. The zero-order valence-electron chi connectivity index (χ0n) is 13.2. The van der Waals surface area contributed by atoms with Crippen molar-refractivity contribution in [2.45, 2.75) is 38.2 Å². The Morgan fingerprint density at radius 1 is 1.36 bits per heavy atom. The Morgan fingerprint density at radius 3 is 2.86 bits per heavy atom. The summed E-state index contributed by atoms with van der Waals surface area (Å²) < 4.78 is 0. The molecule has 22 heavy (non-hydrogen) atoms. The van der Waals surface area contributed by atoms with E-state index in [1.54, 1.807) is 6.08 Å². The highest BCUT2D eigenvalue weighted by atomic mass is 16.3. The molecule has 1 saturated carbocycles. The summed E-state index contributed by atoms with van der Waals surface area (Å²) in [5, 5.41) is 10.8. The fourth-order valence-electron chi connectivity index (χ4n) is 4.08. The van der Waals surface area contributed by atoms with E-state index in [4.69, 9.17) is 0 Å². The summed E-state index contributed by atoms with van der Waals surface area (Å²) in [5.41, 5.74) is 0.471. The number of likely N-dealkylation sites (tertiary alicyclic amines) is 1. The largest absolute Gasteiger partial charge is 0.390 e. The smallest absolute Gasteiger partial charge is 0.246 e. The summed E-state index contributed by atoms with van der Waals surface area (Å²) in [5.74, 6) is 0.782. The molecule has 1 amide bonds. The van der Waals surface area contributed by atoms with E-state index in [1.165, 1.54) is 0 Å². The van der Waals surface area contributed by atoms with Gasteiger partial charge in [-0.15, -0.1) is 0 Å². The van der Waals surface area contributed by atoms with Gasteiger partial charge in [-0.2, -0.15) is 0 Å². The topological polar surface area (TPSA) is 40.5 Å². The van der Waals surface area contributed by atoms with Crippen LogP contribution in [-0.2, 0) is 4.79 Å². The molecule has 3 nitrogen and oxygen atoms in total. The molecule has 1 heterocycles. The van der Waals surface area contributed by atoms with Gasteiger partial charge in [0.1, 0.15) is 0 Å². The number of benzene rings is 1. The van der Waals surface area contributed by atoms with Gasteiger partial charge < -0.3 is 10.0 Å². The van der Waals surface area contributed by atoms with E-state index in [0.29, 0.717) is 12.5 Å². The summed E-state index contributed by atoms with van der Waals surface area (Å²) in [6, 6.07) is 9.88. The molecule has 0 aromatic heterocycles. The Labute approximate surface area is 132 Å². The summed E-state index contributed by atoms with van der Waals surface area (Å²) in [7, 11) is 0. The molecule has 3 atom stereocenters. The van der Waals surface area contributed by atoms with Crippen LogP contribution in [0.25, 0.3) is 6.08 Å². The van der Waals surface area contributed by atoms with Gasteiger partial charge in [0.15, 0.2) is 0 Å². The second kappa shape index (κ2) is 6.25. The second-order valence-corrected chi connectivity index (χ2v) is 6.70. The maximum Gasteiger partial charge on any atom is 0.246 e. The zero-order valence-corrected chi connectivity index (χ0v) is 13.2. The maximum absolute atomic E-state index is 12.4. The van der Waals surface area contributed by atoms with Crippen molar-refractivity contribution in [3.05, 3.63) is 42.0 Å². The van der Waals surface area contributed by atoms with Gasteiger partial charge >= 0.3 is 0 Å². The van der Waals surface area contributed by atoms with E-state index in [9.17, 15) is 9.90 Å². The Balaban J connectivity index is 1.67. The van der Waals surface area contributed by atoms with E-state index >= 15 is 0 Å². The van der Waals surface area contributed by atoms with Gasteiger partial charge in [0, 0.05) is 25.1 Å². The SMILES string of the molecule is CC[C@@]1(O)CCC[C@@H]2CN(C(=O)C=Cc3ccccc3)C[C@@H]21. The quantitative estimate of drug-likeness (QED) is 0.871. The van der Waals surface area contributed by atoms with E-state index in [2.05, 4.69) is 6.92 Å². The maximum atomic E-state index is 12.4. The van der Waals surface area contributed by atoms with Crippen LogP contribution in [0.15, 0.2) is 36.4 Å². The number of carbonyl (C=O) groups is 1. The van der Waals surface area contributed by atoms with Gasteiger partial charge in [0.25, 0.3) is 0 Å². The molecular weight excluding hydrogens is 274 g/mol. The Bertz CT molecular complexity index is 554. The first-order valence-electron chi connectivity index (χ1n) is 8.37. The normalized spacial score (nSPS) is 31.5. The molecule has 1 N–H and O–H groups in total. The highest BCUT2D eigenvalue weighted by Gasteiger charge is 2.48. The number of carbonyl (C=O) groups excluding carboxylic acids is 1. The van der Waals surface area contributed by atoms with Gasteiger partial charge in [0.05, 0.1) is 5.60 Å². The van der Waals surface area contributed by atoms with Crippen molar-refractivity contribution in [2.75, 3.05) is 13.1 Å². The molecule has 2 fully saturated rings. The lowest BCUT2D eigenvalue weighted by atomic mass is 9.69. The van der Waals surface area contributed by atoms with Gasteiger partial charge in [-0.25, -0.2) is 0 Å². The molecule has 118 valence electrons. The van der Waals surface area contributed by atoms with E-state index in [0.717, 1.165) is 37.8 Å². The summed E-state index contributed by atoms with van der Waals surface area (Å²) in [6.45, 7) is 3.56. The number of fused-ring (bicyclic) bond motifs is 1. The third-order valence-corrected chi connectivity index (χ3v) is 5.46. The summed E-state index contributed by atoms with van der Waals surface area (Å²) in [4.78, 5) is 14.3. The Hall–Kier alpha value is -1.61. The molecule has 1 aromatic carbocycles. The van der Waals surface area contributed by atoms with Crippen LogP contribution < -0.4 is 0 Å². The molecule has 1 saturated heterocycles. The lowest BCUT2D eigenvalue weighted by Gasteiger charge is -2.40. The van der Waals surface area contributed by atoms with Crippen molar-refractivity contribution in [1.82, 2.24) is 4.90 Å². The van der Waals surface area contributed by atoms with Crippen molar-refractivity contribution in [3.8, 4) is 0 Å². The van der Waals surface area contributed by atoms with Gasteiger partial charge in [-0.05, 0) is 36.8 Å². The number of aliphatic hydroxyl groups is 1. The number of hydrogen-bond acceptors (Lipinski definition) is 2. The fraction of sp³-hybridized carbons (Fsp3) is 0.526. The van der Waals surface area contributed by atoms with Gasteiger partial charge in [-0.1, -0.05) is 43.7 Å². The first-order chi connectivity index (χ1) is 10.6. The molecular formula is C19H25NO2. The Morgan fingerprint density at radius 2 is 2.14 bits per heavy atom. The van der Waals surface area contributed by atoms with Crippen LogP contribution in [0.4, 0.5) is 0 Å². The van der Waals surface area contributed by atoms with E-state index in [-0.39, 0.29) is 11.8 Å². The summed E-state index contributed by atoms with van der Waals surface area (Å²) in [6.07, 6.45) is 7.42. The second-order valence-electron chi connectivity index (χ2n) is 6.70. The average molecular weight is 299 g/mol. The number of rotatable bonds is 3. The minimum absolute atomic E-state index is 0.0664. The average Bonchev–Trinajstić information content (AvgIpc) is 3.00. The van der Waals surface area contributed by atoms with Crippen molar-refractivity contribution < 1.29 is 9.90 Å². The standard InChI is InChI=1S/C19H25NO2/c1-2-19(22)12-6-9-16-13-20(14-17(16)19)18(21)11-10-15-7-4-3-5-8-15/h3-5,7-8,10-11,16-17,22H,2,6,9,12-14H2,1H3/t16-,17+,19-/m1/s1. The van der Waals surface area contributed by atoms with Crippen LogP contribution >= 0.6 is 0 Å². The third-order valence-electron chi connectivity index (χ3n) is 5.46. The first-order valence-corrected chi connectivity index (χ1v) is 8.37. The van der Waals surface area contributed by atoms with Gasteiger partial charge in [-0.3, -0.25) is 4.79 Å². The van der Waals surface area contributed by atoms with Crippen LogP contribution in [0.3, 0.4) is 0 Å². The molecule has 0 radical (unpaired) electrons. The Kier molecular flexibility index (Phi) is 4.34. The van der Waals surface area contributed by atoms with Crippen molar-refractivity contribution in [2.24, 2.45) is 11.8 Å². The molecule has 0 spiro atoms. The van der Waals surface area contributed by atoms with E-state index in [1.807, 2.05) is 41.3 Å². The van der Waals surface area contributed by atoms with Crippen molar-refractivity contribution >= 4 is 12.0 Å². The summed E-state index contributed by atoms with van der Waals surface area (Å²) >= 11 is 0. The number of amides is 1. The zero-order chi connectivity index (χ0) is 15.6. The minimum atomic E-state index is -0.568. The number of nitrogens with zero attached hydrogens (tertiary/aromatic N) is 1. The molecule has 1 aromatic rings. The predicted molar refractivity (Wildman–Crippen MR) is 88.1 cm³/mol. The van der Waals surface area contributed by atoms with Crippen LogP contribution in [0.1, 0.15) is 38.2 Å². The fourth-order valence-corrected chi connectivity index (χ4v) is 4.08. The van der Waals surface area contributed by atoms with Crippen LogP contribution in [0, 0.1) is 11.8 Å². The van der Waals surface area contributed by atoms with Crippen LogP contribution in [-0.4, -0.2) is 34.6 Å². The molecule has 0 unspecified atom stereocenters. The van der Waals surface area contributed by atoms with E-state index < -0.39 is 5.60 Å². The lowest BCUT2D eigenvalue weighted by molar-refractivity contribution is -0.125. The van der Waals surface area contributed by atoms with Crippen LogP contribution in [0.5, 0.6) is 0 Å². The highest BCUT2D eigenvalue weighted by Crippen LogP contribution is 2.44. The minimum Gasteiger partial charge on any atom is -0.390 e. The van der Waals surface area contributed by atoms with Gasteiger partial charge in [0.2, 0.25) is 5.91 Å². The molecule has 1 aliphatic carbocycles. The highest BCUT2D eigenvalue weighted by molar-refractivity contribution is 5.92. The molecule has 2 aliphatic rings. The predicted octanol–water partition coefficient (Wildman–Crippen LogP) is 3.10. The van der Waals surface area contributed by atoms with Crippen molar-refractivity contribution in [3.63, 3.8) is 0 Å². The lowest BCUT2D eigenvalue weighted by Crippen LogP contribution is -2.44. The monoisotopic (exact) mass is 299 g/mol. The molecule has 3 heteroatoms. The molecule has 1 aliphatic heterocycles.